The summed E-state index contributed by atoms with van der Waals surface area (Å²) in [6, 6.07) is 7.63. The number of nitrogens with two attached hydrogens (primary N) is 1. The molecule has 1 fully saturated rings. The molecule has 2 heterocycles. The number of piperazine rings is 1. The standard InChI is InChI=1S/C20H25N5O3/c1-13-17(14(2)23-20(21)22-13)10-18(26)25-9-8-24(19(27)12-25)11-15-4-6-16(28-3)7-5-15/h4-7H,8-12H2,1-3H3,(H2,21,22,23). The highest BCUT2D eigenvalue weighted by atomic mass is 16.5. The minimum atomic E-state index is -0.1000. The summed E-state index contributed by atoms with van der Waals surface area (Å²) < 4.78 is 5.15. The van der Waals surface area contributed by atoms with Gasteiger partial charge in [0.05, 0.1) is 20.1 Å². The third-order valence-electron chi connectivity index (χ3n) is 4.97. The molecule has 28 heavy (non-hydrogen) atoms. The number of aryl methyl sites for hydroxylation is 2. The Morgan fingerprint density at radius 1 is 1.14 bits per heavy atom. The summed E-state index contributed by atoms with van der Waals surface area (Å²) in [6.45, 7) is 5.25. The summed E-state index contributed by atoms with van der Waals surface area (Å²) in [5.74, 6) is 0.825. The maximum Gasteiger partial charge on any atom is 0.242 e. The van der Waals surface area contributed by atoms with Crippen LogP contribution in [0.2, 0.25) is 0 Å². The molecule has 1 saturated heterocycles. The SMILES string of the molecule is COc1ccc(CN2CCN(C(=O)Cc3c(C)nc(N)nc3C)CC2=O)cc1. The molecular weight excluding hydrogens is 358 g/mol. The van der Waals surface area contributed by atoms with Crippen LogP contribution in [0.4, 0.5) is 5.95 Å². The van der Waals surface area contributed by atoms with Crippen molar-refractivity contribution in [2.24, 2.45) is 0 Å². The van der Waals surface area contributed by atoms with E-state index in [4.69, 9.17) is 10.5 Å². The number of benzene rings is 1. The predicted molar refractivity (Wildman–Crippen MR) is 105 cm³/mol. The summed E-state index contributed by atoms with van der Waals surface area (Å²) in [6.07, 6.45) is 0.170. The molecule has 148 valence electrons. The molecule has 3 rings (SSSR count). The molecule has 1 aromatic carbocycles. The van der Waals surface area contributed by atoms with Crippen molar-refractivity contribution in [2.75, 3.05) is 32.5 Å². The van der Waals surface area contributed by atoms with Crippen molar-refractivity contribution in [2.45, 2.75) is 26.8 Å². The van der Waals surface area contributed by atoms with Gasteiger partial charge in [0, 0.05) is 36.6 Å². The average Bonchev–Trinajstić information content (AvgIpc) is 2.66. The largest absolute Gasteiger partial charge is 0.497 e. The van der Waals surface area contributed by atoms with Crippen LogP contribution in [0, 0.1) is 13.8 Å². The Morgan fingerprint density at radius 2 is 1.79 bits per heavy atom. The second-order valence-electron chi connectivity index (χ2n) is 6.89. The third-order valence-corrected chi connectivity index (χ3v) is 4.97. The number of nitrogens with zero attached hydrogens (tertiary/aromatic N) is 4. The molecule has 1 aliphatic rings. The number of methoxy groups -OCH3 is 1. The van der Waals surface area contributed by atoms with Crippen LogP contribution in [0.25, 0.3) is 0 Å². The molecule has 1 aliphatic heterocycles. The molecule has 2 N–H and O–H groups in total. The molecule has 0 radical (unpaired) electrons. The summed E-state index contributed by atoms with van der Waals surface area (Å²) in [5, 5.41) is 0. The quantitative estimate of drug-likeness (QED) is 0.830. The zero-order valence-corrected chi connectivity index (χ0v) is 16.4. The summed E-state index contributed by atoms with van der Waals surface area (Å²) in [5.41, 5.74) is 8.83. The van der Waals surface area contributed by atoms with Gasteiger partial charge in [-0.05, 0) is 31.5 Å². The van der Waals surface area contributed by atoms with Crippen LogP contribution in [0.15, 0.2) is 24.3 Å². The van der Waals surface area contributed by atoms with E-state index in [0.29, 0.717) is 31.0 Å². The first kappa shape index (κ1) is 19.6. The van der Waals surface area contributed by atoms with Crippen LogP contribution in [0.1, 0.15) is 22.5 Å². The molecule has 0 bridgehead atoms. The van der Waals surface area contributed by atoms with Crippen molar-refractivity contribution in [1.29, 1.82) is 0 Å². The van der Waals surface area contributed by atoms with Crippen molar-refractivity contribution in [3.05, 3.63) is 46.8 Å². The average molecular weight is 383 g/mol. The van der Waals surface area contributed by atoms with E-state index in [0.717, 1.165) is 16.9 Å². The number of hydrogen-bond donors (Lipinski definition) is 1. The molecule has 0 unspecified atom stereocenters. The Labute approximate surface area is 164 Å². The molecule has 2 amide bonds. The highest BCUT2D eigenvalue weighted by Crippen LogP contribution is 2.17. The summed E-state index contributed by atoms with van der Waals surface area (Å²) in [7, 11) is 1.62. The van der Waals surface area contributed by atoms with Crippen molar-refractivity contribution >= 4 is 17.8 Å². The van der Waals surface area contributed by atoms with Gasteiger partial charge >= 0.3 is 0 Å². The normalized spacial score (nSPS) is 14.3. The number of hydrogen-bond acceptors (Lipinski definition) is 6. The number of anilines is 1. The van der Waals surface area contributed by atoms with E-state index in [1.807, 2.05) is 38.1 Å². The highest BCUT2D eigenvalue weighted by Gasteiger charge is 2.27. The maximum atomic E-state index is 12.7. The van der Waals surface area contributed by atoms with Crippen LogP contribution < -0.4 is 10.5 Å². The van der Waals surface area contributed by atoms with Crippen molar-refractivity contribution in [3.8, 4) is 5.75 Å². The van der Waals surface area contributed by atoms with E-state index in [-0.39, 0.29) is 30.7 Å². The second-order valence-corrected chi connectivity index (χ2v) is 6.89. The van der Waals surface area contributed by atoms with E-state index in [2.05, 4.69) is 9.97 Å². The number of aromatic nitrogens is 2. The Kier molecular flexibility index (Phi) is 5.77. The Morgan fingerprint density at radius 3 is 2.36 bits per heavy atom. The van der Waals surface area contributed by atoms with E-state index < -0.39 is 0 Å². The minimum Gasteiger partial charge on any atom is -0.497 e. The number of amides is 2. The minimum absolute atomic E-state index is 0.0579. The van der Waals surface area contributed by atoms with E-state index in [1.165, 1.54) is 0 Å². The number of ether oxygens (including phenoxy) is 1. The number of rotatable bonds is 5. The number of nitrogen functional groups attached to an aromatic ring is 1. The Balaban J connectivity index is 1.60. The molecule has 2 aromatic rings. The van der Waals surface area contributed by atoms with E-state index in [9.17, 15) is 9.59 Å². The number of carbonyl (C=O) groups excluding carboxylic acids is 2. The Bertz CT molecular complexity index is 859. The van der Waals surface area contributed by atoms with Gasteiger partial charge in [-0.25, -0.2) is 9.97 Å². The first-order valence-corrected chi connectivity index (χ1v) is 9.15. The van der Waals surface area contributed by atoms with Crippen molar-refractivity contribution in [3.63, 3.8) is 0 Å². The number of carbonyl (C=O) groups is 2. The summed E-state index contributed by atoms with van der Waals surface area (Å²) >= 11 is 0. The van der Waals surface area contributed by atoms with Crippen LogP contribution >= 0.6 is 0 Å². The Hall–Kier alpha value is -3.16. The van der Waals surface area contributed by atoms with Crippen molar-refractivity contribution < 1.29 is 14.3 Å². The molecular formula is C20H25N5O3. The molecule has 1 aromatic heterocycles. The molecule has 8 nitrogen and oxygen atoms in total. The lowest BCUT2D eigenvalue weighted by molar-refractivity contribution is -0.145. The van der Waals surface area contributed by atoms with Gasteiger partial charge in [-0.1, -0.05) is 12.1 Å². The predicted octanol–water partition coefficient (Wildman–Crippen LogP) is 1.10. The van der Waals surface area contributed by atoms with Gasteiger partial charge in [-0.15, -0.1) is 0 Å². The van der Waals surface area contributed by atoms with E-state index >= 15 is 0 Å². The fraction of sp³-hybridized carbons (Fsp3) is 0.400. The zero-order chi connectivity index (χ0) is 20.3. The monoisotopic (exact) mass is 383 g/mol. The van der Waals surface area contributed by atoms with Crippen LogP contribution in [0.3, 0.4) is 0 Å². The van der Waals surface area contributed by atoms with Crippen LogP contribution in [0.5, 0.6) is 5.75 Å². The summed E-state index contributed by atoms with van der Waals surface area (Å²) in [4.78, 5) is 36.9. The highest BCUT2D eigenvalue weighted by molar-refractivity contribution is 5.87. The van der Waals surface area contributed by atoms with Crippen LogP contribution in [-0.2, 0) is 22.6 Å². The second kappa shape index (κ2) is 8.24. The molecule has 8 heteroatoms. The van der Waals surface area contributed by atoms with Crippen molar-refractivity contribution in [1.82, 2.24) is 19.8 Å². The van der Waals surface area contributed by atoms with Crippen LogP contribution in [-0.4, -0.2) is 58.3 Å². The topological polar surface area (TPSA) is 102 Å². The maximum absolute atomic E-state index is 12.7. The zero-order valence-electron chi connectivity index (χ0n) is 16.4. The van der Waals surface area contributed by atoms with Gasteiger partial charge in [-0.2, -0.15) is 0 Å². The van der Waals surface area contributed by atoms with Gasteiger partial charge in [0.15, 0.2) is 0 Å². The van der Waals surface area contributed by atoms with Gasteiger partial charge < -0.3 is 20.3 Å². The lowest BCUT2D eigenvalue weighted by Gasteiger charge is -2.34. The smallest absolute Gasteiger partial charge is 0.242 e. The molecule has 0 saturated carbocycles. The molecule has 0 spiro atoms. The van der Waals surface area contributed by atoms with Gasteiger partial charge in [0.25, 0.3) is 0 Å². The first-order valence-electron chi connectivity index (χ1n) is 9.15. The lowest BCUT2D eigenvalue weighted by Crippen LogP contribution is -2.52. The lowest BCUT2D eigenvalue weighted by atomic mass is 10.1. The van der Waals surface area contributed by atoms with Gasteiger partial charge in [-0.3, -0.25) is 9.59 Å². The fourth-order valence-electron chi connectivity index (χ4n) is 3.32. The first-order chi connectivity index (χ1) is 13.4. The molecule has 0 atom stereocenters. The fourth-order valence-corrected chi connectivity index (χ4v) is 3.32. The van der Waals surface area contributed by atoms with Gasteiger partial charge in [0.2, 0.25) is 17.8 Å². The molecule has 0 aliphatic carbocycles. The third kappa shape index (κ3) is 4.39. The van der Waals surface area contributed by atoms with Gasteiger partial charge in [0.1, 0.15) is 5.75 Å². The van der Waals surface area contributed by atoms with E-state index in [1.54, 1.807) is 16.9 Å².